The molecule has 3 heteroatoms. The Labute approximate surface area is 151 Å². The SMILES string of the molecule is C=CCN1CCCC(NCc2ccccc2OC)C1c1ccccc1. The molecule has 2 aromatic carbocycles. The number of benzene rings is 2. The van der Waals surface area contributed by atoms with Crippen LogP contribution in [0.1, 0.15) is 30.0 Å². The number of rotatable bonds is 7. The number of hydrogen-bond acceptors (Lipinski definition) is 3. The van der Waals surface area contributed by atoms with Gasteiger partial charge in [0, 0.05) is 24.7 Å². The zero-order valence-electron chi connectivity index (χ0n) is 15.0. The van der Waals surface area contributed by atoms with Crippen LogP contribution >= 0.6 is 0 Å². The van der Waals surface area contributed by atoms with Gasteiger partial charge >= 0.3 is 0 Å². The molecule has 0 spiro atoms. The smallest absolute Gasteiger partial charge is 0.123 e. The molecule has 1 fully saturated rings. The van der Waals surface area contributed by atoms with Gasteiger partial charge in [0.15, 0.2) is 0 Å². The molecule has 2 unspecified atom stereocenters. The van der Waals surface area contributed by atoms with Crippen molar-refractivity contribution in [3.63, 3.8) is 0 Å². The van der Waals surface area contributed by atoms with Gasteiger partial charge in [-0.2, -0.15) is 0 Å². The molecule has 3 rings (SSSR count). The van der Waals surface area contributed by atoms with E-state index in [-0.39, 0.29) is 0 Å². The molecule has 0 bridgehead atoms. The summed E-state index contributed by atoms with van der Waals surface area (Å²) in [6.07, 6.45) is 4.40. The molecule has 2 aromatic rings. The number of piperidine rings is 1. The maximum atomic E-state index is 5.49. The van der Waals surface area contributed by atoms with Crippen molar-refractivity contribution in [1.29, 1.82) is 0 Å². The van der Waals surface area contributed by atoms with Crippen LogP contribution in [0.2, 0.25) is 0 Å². The summed E-state index contributed by atoms with van der Waals surface area (Å²) in [6, 6.07) is 19.9. The van der Waals surface area contributed by atoms with E-state index in [4.69, 9.17) is 4.74 Å². The number of nitrogens with one attached hydrogen (secondary N) is 1. The van der Waals surface area contributed by atoms with E-state index < -0.39 is 0 Å². The summed E-state index contributed by atoms with van der Waals surface area (Å²) >= 11 is 0. The molecule has 1 N–H and O–H groups in total. The quantitative estimate of drug-likeness (QED) is 0.768. The standard InChI is InChI=1S/C22H28N2O/c1-3-15-24-16-9-13-20(22(24)18-10-5-4-6-11-18)23-17-19-12-7-8-14-21(19)25-2/h3-8,10-12,14,20,22-23H,1,9,13,15-17H2,2H3. The minimum Gasteiger partial charge on any atom is -0.496 e. The van der Waals surface area contributed by atoms with E-state index in [1.54, 1.807) is 7.11 Å². The van der Waals surface area contributed by atoms with Crippen LogP contribution < -0.4 is 10.1 Å². The Kier molecular flexibility index (Phi) is 6.26. The largest absolute Gasteiger partial charge is 0.496 e. The van der Waals surface area contributed by atoms with E-state index in [1.165, 1.54) is 24.0 Å². The molecule has 0 amide bonds. The molecule has 3 nitrogen and oxygen atoms in total. The van der Waals surface area contributed by atoms with E-state index in [1.807, 2.05) is 18.2 Å². The average molecular weight is 336 g/mol. The van der Waals surface area contributed by atoms with Crippen LogP contribution in [0, 0.1) is 0 Å². The van der Waals surface area contributed by atoms with Crippen molar-refractivity contribution in [2.24, 2.45) is 0 Å². The summed E-state index contributed by atoms with van der Waals surface area (Å²) in [5.74, 6) is 0.949. The summed E-state index contributed by atoms with van der Waals surface area (Å²) in [5, 5.41) is 3.79. The van der Waals surface area contributed by atoms with Gasteiger partial charge in [-0.1, -0.05) is 54.6 Å². The minimum atomic E-state index is 0.377. The molecule has 2 atom stereocenters. The molecule has 132 valence electrons. The Morgan fingerprint density at radius 3 is 2.68 bits per heavy atom. The Morgan fingerprint density at radius 2 is 1.92 bits per heavy atom. The van der Waals surface area contributed by atoms with Crippen LogP contribution in [-0.2, 0) is 6.54 Å². The van der Waals surface area contributed by atoms with Crippen molar-refractivity contribution in [3.05, 3.63) is 78.4 Å². The van der Waals surface area contributed by atoms with Crippen LogP contribution in [-0.4, -0.2) is 31.1 Å². The van der Waals surface area contributed by atoms with Crippen LogP contribution in [0.3, 0.4) is 0 Å². The summed E-state index contributed by atoms with van der Waals surface area (Å²) in [6.45, 7) is 6.81. The molecule has 0 aromatic heterocycles. The lowest BCUT2D eigenvalue weighted by atomic mass is 9.90. The zero-order chi connectivity index (χ0) is 17.5. The minimum absolute atomic E-state index is 0.377. The first-order chi connectivity index (χ1) is 12.3. The summed E-state index contributed by atoms with van der Waals surface area (Å²) < 4.78 is 5.49. The lowest BCUT2D eigenvalue weighted by Crippen LogP contribution is -2.48. The molecule has 25 heavy (non-hydrogen) atoms. The molecule has 0 aliphatic carbocycles. The van der Waals surface area contributed by atoms with E-state index in [9.17, 15) is 0 Å². The molecule has 1 aliphatic heterocycles. The molecule has 1 heterocycles. The highest BCUT2D eigenvalue weighted by Crippen LogP contribution is 2.31. The lowest BCUT2D eigenvalue weighted by Gasteiger charge is -2.42. The number of ether oxygens (including phenoxy) is 1. The first-order valence-corrected chi connectivity index (χ1v) is 9.08. The van der Waals surface area contributed by atoms with E-state index in [2.05, 4.69) is 59.3 Å². The van der Waals surface area contributed by atoms with Crippen molar-refractivity contribution >= 4 is 0 Å². The van der Waals surface area contributed by atoms with Crippen LogP contribution in [0.25, 0.3) is 0 Å². The molecule has 1 saturated heterocycles. The molecular formula is C22H28N2O. The number of likely N-dealkylation sites (tertiary alicyclic amines) is 1. The van der Waals surface area contributed by atoms with Gasteiger partial charge in [0.05, 0.1) is 13.2 Å². The number of nitrogens with zero attached hydrogens (tertiary/aromatic N) is 1. The van der Waals surface area contributed by atoms with Gasteiger partial charge in [-0.05, 0) is 31.0 Å². The third kappa shape index (κ3) is 4.30. The maximum absolute atomic E-state index is 5.49. The third-order valence-corrected chi connectivity index (χ3v) is 4.99. The fourth-order valence-corrected chi connectivity index (χ4v) is 3.83. The van der Waals surface area contributed by atoms with Gasteiger partial charge in [-0.25, -0.2) is 0 Å². The summed E-state index contributed by atoms with van der Waals surface area (Å²) in [5.41, 5.74) is 2.58. The molecular weight excluding hydrogens is 308 g/mol. The Morgan fingerprint density at radius 1 is 1.16 bits per heavy atom. The first-order valence-electron chi connectivity index (χ1n) is 9.08. The van der Waals surface area contributed by atoms with E-state index in [0.29, 0.717) is 12.1 Å². The van der Waals surface area contributed by atoms with Gasteiger partial charge in [0.25, 0.3) is 0 Å². The average Bonchev–Trinajstić information content (AvgIpc) is 2.67. The Hall–Kier alpha value is -2.10. The van der Waals surface area contributed by atoms with Gasteiger partial charge in [0.2, 0.25) is 0 Å². The van der Waals surface area contributed by atoms with Crippen LogP contribution in [0.5, 0.6) is 5.75 Å². The van der Waals surface area contributed by atoms with Crippen molar-refractivity contribution in [2.75, 3.05) is 20.2 Å². The summed E-state index contributed by atoms with van der Waals surface area (Å²) in [7, 11) is 1.73. The van der Waals surface area contributed by atoms with Gasteiger partial charge in [-0.3, -0.25) is 4.90 Å². The van der Waals surface area contributed by atoms with Gasteiger partial charge in [0.1, 0.15) is 5.75 Å². The number of para-hydroxylation sites is 1. The second-order valence-corrected chi connectivity index (χ2v) is 6.58. The second-order valence-electron chi connectivity index (χ2n) is 6.58. The normalized spacial score (nSPS) is 21.0. The van der Waals surface area contributed by atoms with E-state index >= 15 is 0 Å². The topological polar surface area (TPSA) is 24.5 Å². The summed E-state index contributed by atoms with van der Waals surface area (Å²) in [4.78, 5) is 2.53. The number of methoxy groups -OCH3 is 1. The third-order valence-electron chi connectivity index (χ3n) is 4.99. The fourth-order valence-electron chi connectivity index (χ4n) is 3.83. The van der Waals surface area contributed by atoms with Crippen molar-refractivity contribution < 1.29 is 4.74 Å². The fraction of sp³-hybridized carbons (Fsp3) is 0.364. The first kappa shape index (κ1) is 17.7. The predicted molar refractivity (Wildman–Crippen MR) is 104 cm³/mol. The Bertz CT molecular complexity index is 671. The highest BCUT2D eigenvalue weighted by atomic mass is 16.5. The molecule has 0 radical (unpaired) electrons. The monoisotopic (exact) mass is 336 g/mol. The van der Waals surface area contributed by atoms with Gasteiger partial charge in [-0.15, -0.1) is 6.58 Å². The van der Waals surface area contributed by atoms with E-state index in [0.717, 1.165) is 25.4 Å². The zero-order valence-corrected chi connectivity index (χ0v) is 15.0. The lowest BCUT2D eigenvalue weighted by molar-refractivity contribution is 0.124. The van der Waals surface area contributed by atoms with Crippen LogP contribution in [0.4, 0.5) is 0 Å². The van der Waals surface area contributed by atoms with Gasteiger partial charge < -0.3 is 10.1 Å². The number of hydrogen-bond donors (Lipinski definition) is 1. The molecule has 0 saturated carbocycles. The molecule has 1 aliphatic rings. The predicted octanol–water partition coefficient (Wildman–Crippen LogP) is 4.18. The Balaban J connectivity index is 1.78. The maximum Gasteiger partial charge on any atom is 0.123 e. The highest BCUT2D eigenvalue weighted by Gasteiger charge is 2.31. The van der Waals surface area contributed by atoms with Crippen molar-refractivity contribution in [2.45, 2.75) is 31.5 Å². The highest BCUT2D eigenvalue weighted by molar-refractivity contribution is 5.33. The van der Waals surface area contributed by atoms with Crippen molar-refractivity contribution in [1.82, 2.24) is 10.2 Å². The van der Waals surface area contributed by atoms with Crippen molar-refractivity contribution in [3.8, 4) is 5.75 Å². The van der Waals surface area contributed by atoms with Crippen LogP contribution in [0.15, 0.2) is 67.3 Å². The second kappa shape index (κ2) is 8.84.